The summed E-state index contributed by atoms with van der Waals surface area (Å²) in [6.45, 7) is 17.6. The molecule has 0 saturated carbocycles. The molecule has 0 amide bonds. The predicted molar refractivity (Wildman–Crippen MR) is 322 cm³/mol. The Balaban J connectivity index is 0.000000224. The molecule has 6 aromatic carbocycles. The molecule has 0 aromatic heterocycles. The normalized spacial score (nSPS) is 14.9. The monoisotopic (exact) mass is 1070 g/mol. The Labute approximate surface area is 468 Å². The van der Waals surface area contributed by atoms with Gasteiger partial charge in [-0.2, -0.15) is 23.5 Å². The first-order valence-corrected chi connectivity index (χ1v) is 29.8. The Morgan fingerprint density at radius 1 is 0.506 bits per heavy atom. The van der Waals surface area contributed by atoms with Crippen LogP contribution in [0.4, 0.5) is 0 Å². The number of hydrogen-bond donors (Lipinski definition) is 3. The van der Waals surface area contributed by atoms with Crippen LogP contribution in [0, 0.1) is 51.4 Å². The summed E-state index contributed by atoms with van der Waals surface area (Å²) in [4.78, 5) is 22.6. The number of carbonyl (C=O) groups excluding carboxylic acids is 1. The highest BCUT2D eigenvalue weighted by Gasteiger charge is 2.34. The van der Waals surface area contributed by atoms with Crippen molar-refractivity contribution < 1.29 is 29.6 Å². The van der Waals surface area contributed by atoms with Crippen LogP contribution in [0.1, 0.15) is 146 Å². The van der Waals surface area contributed by atoms with Crippen LogP contribution >= 0.6 is 23.5 Å². The van der Waals surface area contributed by atoms with Crippen molar-refractivity contribution in [2.24, 2.45) is 0 Å². The Morgan fingerprint density at radius 2 is 0.844 bits per heavy atom. The SMILES string of the molecule is CCC(CC)(c1ccc(C#CC2(O)CCSCC2)c(C)c1)c1ccc(-c2ccc(CC(=O)O)cc2)c(C)c1.CCC(CC)(c1ccc(C#CC2(O)CCSCC2)c(C)c1)c1ccc(-c2ccc(CC(=O)OC)cc2)c(C)c1. The van der Waals surface area contributed by atoms with Crippen LogP contribution < -0.4 is 0 Å². The third kappa shape index (κ3) is 14.0. The number of ether oxygens (including phenoxy) is 1. The largest absolute Gasteiger partial charge is 0.481 e. The van der Waals surface area contributed by atoms with E-state index in [1.54, 1.807) is 0 Å². The first-order chi connectivity index (χ1) is 36.9. The number of aryl methyl sites for hydroxylation is 4. The van der Waals surface area contributed by atoms with Crippen molar-refractivity contribution in [3.05, 3.63) is 188 Å². The summed E-state index contributed by atoms with van der Waals surface area (Å²) in [5, 5.41) is 30.7. The maximum atomic E-state index is 11.6. The molecule has 6 nitrogen and oxygen atoms in total. The van der Waals surface area contributed by atoms with E-state index >= 15 is 0 Å². The molecule has 0 spiro atoms. The molecule has 2 aliphatic heterocycles. The number of esters is 1. The van der Waals surface area contributed by atoms with Gasteiger partial charge in [0.15, 0.2) is 0 Å². The van der Waals surface area contributed by atoms with E-state index in [0.717, 1.165) is 124 Å². The second-order valence-electron chi connectivity index (χ2n) is 21.2. The van der Waals surface area contributed by atoms with E-state index in [1.807, 2.05) is 59.9 Å². The van der Waals surface area contributed by atoms with Gasteiger partial charge >= 0.3 is 11.9 Å². The summed E-state index contributed by atoms with van der Waals surface area (Å²) in [6.07, 6.45) is 7.22. The second kappa shape index (κ2) is 26.1. The molecule has 8 rings (SSSR count). The Morgan fingerprint density at radius 3 is 1.16 bits per heavy atom. The van der Waals surface area contributed by atoms with E-state index in [4.69, 9.17) is 9.84 Å². The van der Waals surface area contributed by atoms with E-state index in [1.165, 1.54) is 46.1 Å². The lowest BCUT2D eigenvalue weighted by Gasteiger charge is -2.34. The fraction of sp³-hybridized carbons (Fsp3) is 0.391. The van der Waals surface area contributed by atoms with E-state index < -0.39 is 17.2 Å². The number of hydrogen-bond acceptors (Lipinski definition) is 7. The highest BCUT2D eigenvalue weighted by Crippen LogP contribution is 2.43. The Hall–Kier alpha value is -6.00. The molecule has 0 unspecified atom stereocenters. The first kappa shape index (κ1) is 58.7. The van der Waals surface area contributed by atoms with Crippen molar-refractivity contribution in [3.63, 3.8) is 0 Å². The molecule has 6 aromatic rings. The number of benzene rings is 6. The Kier molecular flexibility index (Phi) is 19.9. The van der Waals surface area contributed by atoms with Gasteiger partial charge in [-0.15, -0.1) is 0 Å². The van der Waals surface area contributed by atoms with Gasteiger partial charge in [-0.25, -0.2) is 0 Å². The van der Waals surface area contributed by atoms with Gasteiger partial charge in [-0.3, -0.25) is 9.59 Å². The molecule has 0 bridgehead atoms. The van der Waals surface area contributed by atoms with Gasteiger partial charge in [0.05, 0.1) is 20.0 Å². The Bertz CT molecular complexity index is 3140. The molecular formula is C69H78O6S2. The number of carbonyl (C=O) groups is 2. The lowest BCUT2D eigenvalue weighted by Crippen LogP contribution is -2.31. The molecule has 0 atom stereocenters. The maximum Gasteiger partial charge on any atom is 0.309 e. The maximum absolute atomic E-state index is 11.6. The molecule has 2 fully saturated rings. The van der Waals surface area contributed by atoms with Crippen molar-refractivity contribution in [1.82, 2.24) is 0 Å². The molecule has 402 valence electrons. The minimum atomic E-state index is -0.858. The zero-order valence-corrected chi connectivity index (χ0v) is 48.5. The smallest absolute Gasteiger partial charge is 0.309 e. The number of thioether (sulfide) groups is 2. The number of rotatable bonds is 14. The van der Waals surface area contributed by atoms with Gasteiger partial charge in [0, 0.05) is 22.0 Å². The van der Waals surface area contributed by atoms with E-state index in [2.05, 4.69) is 164 Å². The van der Waals surface area contributed by atoms with Gasteiger partial charge in [0.2, 0.25) is 0 Å². The summed E-state index contributed by atoms with van der Waals surface area (Å²) in [5.74, 6) is 15.8. The van der Waals surface area contributed by atoms with Gasteiger partial charge in [0.25, 0.3) is 0 Å². The summed E-state index contributed by atoms with van der Waals surface area (Å²) >= 11 is 3.78. The molecule has 2 saturated heterocycles. The number of carboxylic acid groups (broad SMARTS) is 1. The van der Waals surface area contributed by atoms with E-state index in [-0.39, 0.29) is 29.6 Å². The second-order valence-corrected chi connectivity index (χ2v) is 23.7. The standard InChI is InChI=1S/C35H40O3S.C34H38O3S/c1-6-35(7-2,30-13-12-28(25(3)22-30)16-17-34(37)18-20-39-21-19-34)31-14-15-32(26(4)23-31)29-10-8-27(9-11-29)24-33(36)38-5;1-5-34(6-2,29-12-11-27(24(3)21-29)15-16-33(37)17-19-38-20-18-33)30-13-14-31(25(4)22-30)28-9-7-26(8-10-28)23-32(35)36/h8-15,22-23,37H,6-7,18-21,24H2,1-5H3;7-14,21-22,37H,5-6,17-20,23H2,1-4H3,(H,35,36). The van der Waals surface area contributed by atoms with Crippen molar-refractivity contribution >= 4 is 35.5 Å². The topological polar surface area (TPSA) is 104 Å². The molecule has 8 heteroatoms. The van der Waals surface area contributed by atoms with Crippen LogP contribution in [-0.2, 0) is 38.0 Å². The van der Waals surface area contributed by atoms with Gasteiger partial charge in [-0.1, -0.05) is 161 Å². The summed E-state index contributed by atoms with van der Waals surface area (Å²) < 4.78 is 4.79. The number of aliphatic carboxylic acids is 1. The van der Waals surface area contributed by atoms with Crippen molar-refractivity contribution in [1.29, 1.82) is 0 Å². The highest BCUT2D eigenvalue weighted by molar-refractivity contribution is 7.99. The fourth-order valence-electron chi connectivity index (χ4n) is 11.3. The van der Waals surface area contributed by atoms with Crippen molar-refractivity contribution in [2.75, 3.05) is 30.1 Å². The lowest BCUT2D eigenvalue weighted by molar-refractivity contribution is -0.140. The van der Waals surface area contributed by atoms with Crippen LogP contribution in [0.2, 0.25) is 0 Å². The lowest BCUT2D eigenvalue weighted by atomic mass is 9.69. The number of carboxylic acids is 1. The van der Waals surface area contributed by atoms with Crippen LogP contribution in [-0.4, -0.2) is 68.6 Å². The third-order valence-corrected chi connectivity index (χ3v) is 18.5. The van der Waals surface area contributed by atoms with Crippen LogP contribution in [0.15, 0.2) is 121 Å². The number of aliphatic hydroxyl groups is 2. The zero-order valence-electron chi connectivity index (χ0n) is 46.8. The van der Waals surface area contributed by atoms with E-state index in [9.17, 15) is 19.8 Å². The van der Waals surface area contributed by atoms with Crippen LogP contribution in [0.5, 0.6) is 0 Å². The fourth-order valence-corrected chi connectivity index (χ4v) is 13.6. The zero-order chi connectivity index (χ0) is 55.4. The van der Waals surface area contributed by atoms with Crippen LogP contribution in [0.3, 0.4) is 0 Å². The minimum Gasteiger partial charge on any atom is -0.481 e. The minimum absolute atomic E-state index is 0.0392. The van der Waals surface area contributed by atoms with Gasteiger partial charge in [0.1, 0.15) is 11.2 Å². The molecular weight excluding hydrogens is 989 g/mol. The molecule has 0 radical (unpaired) electrons. The number of methoxy groups -OCH3 is 1. The first-order valence-electron chi connectivity index (χ1n) is 27.5. The molecule has 2 heterocycles. The van der Waals surface area contributed by atoms with Crippen molar-refractivity contribution in [2.45, 2.75) is 142 Å². The molecule has 77 heavy (non-hydrogen) atoms. The predicted octanol–water partition coefficient (Wildman–Crippen LogP) is 14.7. The summed E-state index contributed by atoms with van der Waals surface area (Å²) in [5.41, 5.74) is 16.4. The van der Waals surface area contributed by atoms with Crippen molar-refractivity contribution in [3.8, 4) is 45.9 Å². The van der Waals surface area contributed by atoms with E-state index in [0.29, 0.717) is 0 Å². The molecule has 0 aliphatic carbocycles. The summed E-state index contributed by atoms with van der Waals surface area (Å²) in [6, 6.07) is 42.9. The highest BCUT2D eigenvalue weighted by atomic mass is 32.2. The van der Waals surface area contributed by atoms with Gasteiger partial charge < -0.3 is 20.1 Å². The van der Waals surface area contributed by atoms with Crippen LogP contribution in [0.25, 0.3) is 22.3 Å². The van der Waals surface area contributed by atoms with Gasteiger partial charge in [-0.05, 0) is 192 Å². The molecule has 2 aliphatic rings. The average molecular weight is 1070 g/mol. The third-order valence-electron chi connectivity index (χ3n) is 16.5. The average Bonchev–Trinajstić information content (AvgIpc) is 3.43. The molecule has 3 N–H and O–H groups in total. The quantitative estimate of drug-likeness (QED) is 0.0732. The summed E-state index contributed by atoms with van der Waals surface area (Å²) in [7, 11) is 1.42.